The van der Waals surface area contributed by atoms with Gasteiger partial charge in [0.1, 0.15) is 17.3 Å². The van der Waals surface area contributed by atoms with E-state index in [0.29, 0.717) is 53.2 Å². The Kier molecular flexibility index (Phi) is 7.29. The van der Waals surface area contributed by atoms with Gasteiger partial charge in [0.25, 0.3) is 5.91 Å². The average molecular weight is 546 g/mol. The number of aliphatic hydroxyl groups excluding tert-OH is 1. The van der Waals surface area contributed by atoms with Gasteiger partial charge in [-0.25, -0.2) is 4.39 Å². The number of β-amino-alcohol motifs (C(OH)–C–C–N with tert-alkyl or cyclic N) is 1. The molecule has 4 aromatic rings. The molecule has 0 radical (unpaired) electrons. The van der Waals surface area contributed by atoms with E-state index in [1.165, 1.54) is 6.07 Å². The number of nitrogens with zero attached hydrogens (tertiary/aromatic N) is 4. The molecule has 0 saturated carbocycles. The van der Waals surface area contributed by atoms with Crippen LogP contribution in [-0.2, 0) is 16.8 Å². The van der Waals surface area contributed by atoms with Crippen LogP contribution in [0.4, 0.5) is 10.1 Å². The lowest BCUT2D eigenvalue weighted by atomic mass is 10.1. The molecule has 2 aromatic carbocycles. The van der Waals surface area contributed by atoms with E-state index in [1.54, 1.807) is 65.4 Å². The summed E-state index contributed by atoms with van der Waals surface area (Å²) in [6.45, 7) is 8.40. The summed E-state index contributed by atoms with van der Waals surface area (Å²) >= 11 is 0. The van der Waals surface area contributed by atoms with Crippen LogP contribution in [0.3, 0.4) is 0 Å². The number of halogens is 1. The number of fused-ring (bicyclic) bond motifs is 1. The fourth-order valence-electron chi connectivity index (χ4n) is 4.67. The monoisotopic (exact) mass is 545 g/mol. The summed E-state index contributed by atoms with van der Waals surface area (Å²) in [5.74, 6) is -0.350. The average Bonchev–Trinajstić information content (AvgIpc) is 3.57. The van der Waals surface area contributed by atoms with Crippen molar-refractivity contribution in [2.75, 3.05) is 18.4 Å². The molecule has 1 atom stereocenters. The molecule has 0 aliphatic carbocycles. The number of aromatic nitrogens is 3. The first-order chi connectivity index (χ1) is 19.0. The molecule has 2 aromatic heterocycles. The highest BCUT2D eigenvalue weighted by molar-refractivity contribution is 5.99. The van der Waals surface area contributed by atoms with Crippen molar-refractivity contribution in [2.45, 2.75) is 52.2 Å². The maximum Gasteiger partial charge on any atom is 0.253 e. The number of pyridine rings is 1. The number of hydrogen-bond donors (Lipinski definition) is 2. The number of hydrogen-bond acceptors (Lipinski definition) is 6. The number of rotatable bonds is 6. The summed E-state index contributed by atoms with van der Waals surface area (Å²) in [5, 5.41) is 17.4. The lowest BCUT2D eigenvalue weighted by Gasteiger charge is -2.18. The smallest absolute Gasteiger partial charge is 0.253 e. The standard InChI is InChI=1S/C30H32FN5O4/c1-18-25(8-6-19(28(18)31)14-27(38)34-21-15-33-36(16-21)30(2,3)4)40-26-9-11-32-24-7-5-20(13-23(24)26)29(39)35-12-10-22(37)17-35/h5-9,11,13,15-16,22,37H,10,12,14,17H2,1-4H3,(H,34,38). The minimum Gasteiger partial charge on any atom is -0.456 e. The van der Waals surface area contributed by atoms with Crippen molar-refractivity contribution in [3.8, 4) is 11.5 Å². The Morgan fingerprint density at radius 1 is 1.18 bits per heavy atom. The number of anilines is 1. The first kappa shape index (κ1) is 27.3. The van der Waals surface area contributed by atoms with E-state index in [1.807, 2.05) is 20.8 Å². The molecule has 208 valence electrons. The van der Waals surface area contributed by atoms with Gasteiger partial charge in [-0.1, -0.05) is 6.07 Å². The highest BCUT2D eigenvalue weighted by atomic mass is 19.1. The van der Waals surface area contributed by atoms with Crippen molar-refractivity contribution >= 4 is 28.4 Å². The molecule has 5 rings (SSSR count). The van der Waals surface area contributed by atoms with Crippen LogP contribution in [0, 0.1) is 12.7 Å². The minimum absolute atomic E-state index is 0.150. The van der Waals surface area contributed by atoms with E-state index in [-0.39, 0.29) is 34.9 Å². The number of amides is 2. The Balaban J connectivity index is 1.33. The van der Waals surface area contributed by atoms with Gasteiger partial charge in [0.15, 0.2) is 0 Å². The van der Waals surface area contributed by atoms with Crippen LogP contribution in [-0.4, -0.2) is 55.8 Å². The molecular weight excluding hydrogens is 513 g/mol. The molecule has 0 spiro atoms. The molecule has 40 heavy (non-hydrogen) atoms. The number of nitrogens with one attached hydrogen (secondary N) is 1. The number of ether oxygens (including phenoxy) is 1. The predicted octanol–water partition coefficient (Wildman–Crippen LogP) is 4.81. The topological polar surface area (TPSA) is 110 Å². The summed E-state index contributed by atoms with van der Waals surface area (Å²) in [7, 11) is 0. The number of carbonyl (C=O) groups excluding carboxylic acids is 2. The van der Waals surface area contributed by atoms with Gasteiger partial charge in [0, 0.05) is 42.0 Å². The van der Waals surface area contributed by atoms with E-state index in [9.17, 15) is 14.7 Å². The van der Waals surface area contributed by atoms with Gasteiger partial charge in [-0.2, -0.15) is 5.10 Å². The predicted molar refractivity (Wildman–Crippen MR) is 149 cm³/mol. The van der Waals surface area contributed by atoms with Crippen LogP contribution in [0.25, 0.3) is 10.9 Å². The van der Waals surface area contributed by atoms with Crippen LogP contribution in [0.15, 0.2) is 55.0 Å². The van der Waals surface area contributed by atoms with Crippen molar-refractivity contribution in [1.82, 2.24) is 19.7 Å². The third-order valence-electron chi connectivity index (χ3n) is 6.94. The lowest BCUT2D eigenvalue weighted by molar-refractivity contribution is -0.115. The van der Waals surface area contributed by atoms with Gasteiger partial charge in [-0.05, 0) is 70.0 Å². The molecule has 0 bridgehead atoms. The van der Waals surface area contributed by atoms with E-state index in [0.717, 1.165) is 0 Å². The molecule has 10 heteroatoms. The molecule has 9 nitrogen and oxygen atoms in total. The molecule has 1 aliphatic rings. The molecule has 1 fully saturated rings. The van der Waals surface area contributed by atoms with Crippen molar-refractivity contribution in [2.24, 2.45) is 0 Å². The first-order valence-electron chi connectivity index (χ1n) is 13.2. The summed E-state index contributed by atoms with van der Waals surface area (Å²) in [5.41, 5.74) is 1.89. The number of aliphatic hydroxyl groups is 1. The van der Waals surface area contributed by atoms with Gasteiger partial charge in [0.2, 0.25) is 5.91 Å². The summed E-state index contributed by atoms with van der Waals surface area (Å²) < 4.78 is 23.2. The SMILES string of the molecule is Cc1c(Oc2ccnc3ccc(C(=O)N4CCC(O)C4)cc23)ccc(CC(=O)Nc2cnn(C(C)(C)C)c2)c1F. The molecule has 1 saturated heterocycles. The van der Waals surface area contributed by atoms with Gasteiger partial charge in [-0.3, -0.25) is 19.3 Å². The Morgan fingerprint density at radius 3 is 2.67 bits per heavy atom. The molecule has 1 aliphatic heterocycles. The molecule has 2 N–H and O–H groups in total. The van der Waals surface area contributed by atoms with E-state index in [2.05, 4.69) is 15.4 Å². The zero-order valence-corrected chi connectivity index (χ0v) is 22.9. The van der Waals surface area contributed by atoms with E-state index in [4.69, 9.17) is 4.74 Å². The summed E-state index contributed by atoms with van der Waals surface area (Å²) in [6.07, 6.45) is 4.78. The highest BCUT2D eigenvalue weighted by Gasteiger charge is 2.26. The molecule has 1 unspecified atom stereocenters. The number of benzene rings is 2. The summed E-state index contributed by atoms with van der Waals surface area (Å²) in [6, 6.07) is 9.97. The molecule has 3 heterocycles. The quantitative estimate of drug-likeness (QED) is 0.360. The van der Waals surface area contributed by atoms with Crippen LogP contribution in [0.2, 0.25) is 0 Å². The number of carbonyl (C=O) groups is 2. The first-order valence-corrected chi connectivity index (χ1v) is 13.2. The van der Waals surface area contributed by atoms with Gasteiger partial charge >= 0.3 is 0 Å². The Labute approximate surface area is 231 Å². The molecular formula is C30H32FN5O4. The van der Waals surface area contributed by atoms with Crippen molar-refractivity contribution in [3.63, 3.8) is 0 Å². The fraction of sp³-hybridized carbons (Fsp3) is 0.333. The van der Waals surface area contributed by atoms with Crippen LogP contribution < -0.4 is 10.1 Å². The fourth-order valence-corrected chi connectivity index (χ4v) is 4.67. The van der Waals surface area contributed by atoms with Gasteiger partial charge in [0.05, 0.1) is 35.5 Å². The number of likely N-dealkylation sites (tertiary alicyclic amines) is 1. The maximum atomic E-state index is 15.4. The second-order valence-electron chi connectivity index (χ2n) is 11.1. The Morgan fingerprint density at radius 2 is 1.98 bits per heavy atom. The van der Waals surface area contributed by atoms with Gasteiger partial charge in [-0.15, -0.1) is 0 Å². The van der Waals surface area contributed by atoms with Crippen LogP contribution >= 0.6 is 0 Å². The van der Waals surface area contributed by atoms with E-state index < -0.39 is 11.9 Å². The van der Waals surface area contributed by atoms with E-state index >= 15 is 4.39 Å². The van der Waals surface area contributed by atoms with Crippen molar-refractivity contribution in [1.29, 1.82) is 0 Å². The lowest BCUT2D eigenvalue weighted by Crippen LogP contribution is -2.29. The largest absolute Gasteiger partial charge is 0.456 e. The normalized spacial score (nSPS) is 15.4. The summed E-state index contributed by atoms with van der Waals surface area (Å²) in [4.78, 5) is 31.6. The van der Waals surface area contributed by atoms with Gasteiger partial charge < -0.3 is 20.1 Å². The zero-order chi connectivity index (χ0) is 28.6. The second-order valence-corrected chi connectivity index (χ2v) is 11.1. The highest BCUT2D eigenvalue weighted by Crippen LogP contribution is 2.33. The molecule has 2 amide bonds. The van der Waals surface area contributed by atoms with Crippen molar-refractivity contribution < 1.29 is 23.8 Å². The third kappa shape index (κ3) is 5.67. The Hall–Kier alpha value is -4.31. The second kappa shape index (κ2) is 10.7. The van der Waals surface area contributed by atoms with Crippen LogP contribution in [0.1, 0.15) is 48.7 Å². The van der Waals surface area contributed by atoms with Crippen LogP contribution in [0.5, 0.6) is 11.5 Å². The maximum absolute atomic E-state index is 15.4. The third-order valence-corrected chi connectivity index (χ3v) is 6.94. The van der Waals surface area contributed by atoms with Crippen molar-refractivity contribution in [3.05, 3.63) is 77.5 Å². The minimum atomic E-state index is -0.528. The Bertz CT molecular complexity index is 1590. The zero-order valence-electron chi connectivity index (χ0n) is 22.9.